The molecule has 0 aliphatic heterocycles. The van der Waals surface area contributed by atoms with Crippen molar-refractivity contribution in [3.8, 4) is 0 Å². The van der Waals surface area contributed by atoms with E-state index in [1.165, 1.54) is 11.3 Å². The van der Waals surface area contributed by atoms with Gasteiger partial charge in [0.05, 0.1) is 12.1 Å². The van der Waals surface area contributed by atoms with Crippen LogP contribution in [0.5, 0.6) is 0 Å². The first-order chi connectivity index (χ1) is 9.99. The molecule has 0 saturated carbocycles. The predicted molar refractivity (Wildman–Crippen MR) is 90.9 cm³/mol. The molecule has 4 nitrogen and oxygen atoms in total. The highest BCUT2D eigenvalue weighted by Gasteiger charge is 2.10. The van der Waals surface area contributed by atoms with E-state index in [1.807, 2.05) is 31.2 Å². The van der Waals surface area contributed by atoms with Gasteiger partial charge in [-0.1, -0.05) is 43.4 Å². The van der Waals surface area contributed by atoms with E-state index in [1.54, 1.807) is 0 Å². The number of benzene rings is 1. The molecular formula is C15H17N3OS2. The van der Waals surface area contributed by atoms with Gasteiger partial charge in [0.15, 0.2) is 5.13 Å². The standard InChI is InChI=1S/C15H17N3OS2/c1-3-12-9(2)21-15(17-12)18-13(19)8-10-4-6-11(7-5-10)14(16)20/h4-7H,3,8H2,1-2H3,(H2,16,20)(H,17,18,19). The highest BCUT2D eigenvalue weighted by molar-refractivity contribution is 7.80. The fraction of sp³-hybridized carbons (Fsp3) is 0.267. The zero-order valence-electron chi connectivity index (χ0n) is 12.0. The zero-order valence-corrected chi connectivity index (χ0v) is 13.6. The first-order valence-electron chi connectivity index (χ1n) is 6.64. The van der Waals surface area contributed by atoms with Crippen LogP contribution in [0.1, 0.15) is 28.6 Å². The molecule has 3 N–H and O–H groups in total. The van der Waals surface area contributed by atoms with Crippen molar-refractivity contribution in [2.45, 2.75) is 26.7 Å². The molecule has 1 heterocycles. The maximum absolute atomic E-state index is 12.0. The summed E-state index contributed by atoms with van der Waals surface area (Å²) in [5.41, 5.74) is 8.30. The maximum atomic E-state index is 12.0. The molecule has 1 amide bonds. The number of carbonyl (C=O) groups excluding carboxylic acids is 1. The Morgan fingerprint density at radius 2 is 2.05 bits per heavy atom. The van der Waals surface area contributed by atoms with Crippen LogP contribution in [0.2, 0.25) is 0 Å². The van der Waals surface area contributed by atoms with Gasteiger partial charge in [-0.05, 0) is 18.9 Å². The second-order valence-corrected chi connectivity index (χ2v) is 6.30. The summed E-state index contributed by atoms with van der Waals surface area (Å²) in [6.07, 6.45) is 1.18. The quantitative estimate of drug-likeness (QED) is 0.832. The van der Waals surface area contributed by atoms with Crippen molar-refractivity contribution in [3.63, 3.8) is 0 Å². The van der Waals surface area contributed by atoms with Crippen molar-refractivity contribution in [2.75, 3.05) is 5.32 Å². The topological polar surface area (TPSA) is 68.0 Å². The molecular weight excluding hydrogens is 302 g/mol. The molecule has 0 aliphatic carbocycles. The molecule has 110 valence electrons. The number of thiocarbonyl (C=S) groups is 1. The van der Waals surface area contributed by atoms with E-state index < -0.39 is 0 Å². The first-order valence-corrected chi connectivity index (χ1v) is 7.87. The number of anilines is 1. The van der Waals surface area contributed by atoms with Crippen LogP contribution in [0.4, 0.5) is 5.13 Å². The lowest BCUT2D eigenvalue weighted by Gasteiger charge is -2.03. The molecule has 2 rings (SSSR count). The lowest BCUT2D eigenvalue weighted by molar-refractivity contribution is -0.115. The summed E-state index contributed by atoms with van der Waals surface area (Å²) in [4.78, 5) is 17.9. The van der Waals surface area contributed by atoms with Crippen LogP contribution < -0.4 is 11.1 Å². The van der Waals surface area contributed by atoms with E-state index in [0.717, 1.165) is 28.1 Å². The minimum atomic E-state index is -0.0746. The van der Waals surface area contributed by atoms with Crippen molar-refractivity contribution >= 4 is 39.6 Å². The Labute approximate surface area is 133 Å². The molecule has 1 aromatic heterocycles. The number of nitrogens with two attached hydrogens (primary N) is 1. The summed E-state index contributed by atoms with van der Waals surface area (Å²) in [5, 5.41) is 3.50. The van der Waals surface area contributed by atoms with Gasteiger partial charge in [0, 0.05) is 10.4 Å². The normalized spacial score (nSPS) is 10.4. The van der Waals surface area contributed by atoms with Crippen LogP contribution in [0.3, 0.4) is 0 Å². The Bertz CT molecular complexity index is 662. The highest BCUT2D eigenvalue weighted by atomic mass is 32.1. The number of nitrogens with zero attached hydrogens (tertiary/aromatic N) is 1. The van der Waals surface area contributed by atoms with Gasteiger partial charge < -0.3 is 11.1 Å². The number of thiazole rings is 1. The van der Waals surface area contributed by atoms with Gasteiger partial charge in [-0.2, -0.15) is 0 Å². The SMILES string of the molecule is CCc1nc(NC(=O)Cc2ccc(C(N)=S)cc2)sc1C. The molecule has 0 aliphatic rings. The summed E-state index contributed by atoms with van der Waals surface area (Å²) >= 11 is 6.40. The largest absolute Gasteiger partial charge is 0.389 e. The average molecular weight is 319 g/mol. The minimum Gasteiger partial charge on any atom is -0.389 e. The molecule has 0 unspecified atom stereocenters. The van der Waals surface area contributed by atoms with Crippen LogP contribution >= 0.6 is 23.6 Å². The van der Waals surface area contributed by atoms with Crippen LogP contribution in [0, 0.1) is 6.92 Å². The summed E-state index contributed by atoms with van der Waals surface area (Å²) < 4.78 is 0. The molecule has 0 fully saturated rings. The van der Waals surface area contributed by atoms with Gasteiger partial charge in [-0.15, -0.1) is 11.3 Å². The lowest BCUT2D eigenvalue weighted by Crippen LogP contribution is -2.14. The molecule has 0 saturated heterocycles. The Hall–Kier alpha value is -1.79. The van der Waals surface area contributed by atoms with E-state index in [4.69, 9.17) is 18.0 Å². The van der Waals surface area contributed by atoms with Gasteiger partial charge in [0.1, 0.15) is 4.99 Å². The second-order valence-electron chi connectivity index (χ2n) is 4.66. The van der Waals surface area contributed by atoms with Crippen molar-refractivity contribution in [3.05, 3.63) is 46.0 Å². The van der Waals surface area contributed by atoms with E-state index in [2.05, 4.69) is 17.2 Å². The molecule has 1 aromatic carbocycles. The van der Waals surface area contributed by atoms with Crippen LogP contribution in [0.15, 0.2) is 24.3 Å². The van der Waals surface area contributed by atoms with Gasteiger partial charge >= 0.3 is 0 Å². The third kappa shape index (κ3) is 4.09. The number of hydrogen-bond donors (Lipinski definition) is 2. The van der Waals surface area contributed by atoms with Gasteiger partial charge in [-0.3, -0.25) is 4.79 Å². The molecule has 0 spiro atoms. The summed E-state index contributed by atoms with van der Waals surface area (Å²) in [6, 6.07) is 7.37. The monoisotopic (exact) mass is 319 g/mol. The lowest BCUT2D eigenvalue weighted by atomic mass is 10.1. The first kappa shape index (κ1) is 15.6. The smallest absolute Gasteiger partial charge is 0.230 e. The van der Waals surface area contributed by atoms with Gasteiger partial charge in [0.25, 0.3) is 0 Å². The van der Waals surface area contributed by atoms with Crippen LogP contribution in [-0.2, 0) is 17.6 Å². The van der Waals surface area contributed by atoms with E-state index in [9.17, 15) is 4.79 Å². The minimum absolute atomic E-state index is 0.0746. The number of carbonyl (C=O) groups is 1. The summed E-state index contributed by atoms with van der Waals surface area (Å²) in [7, 11) is 0. The molecule has 0 atom stereocenters. The van der Waals surface area contributed by atoms with Crippen LogP contribution in [0.25, 0.3) is 0 Å². The van der Waals surface area contributed by atoms with Crippen molar-refractivity contribution < 1.29 is 4.79 Å². The van der Waals surface area contributed by atoms with Gasteiger partial charge in [0.2, 0.25) is 5.91 Å². The molecule has 0 bridgehead atoms. The number of rotatable bonds is 5. The van der Waals surface area contributed by atoms with Crippen molar-refractivity contribution in [2.24, 2.45) is 5.73 Å². The van der Waals surface area contributed by atoms with E-state index in [0.29, 0.717) is 16.5 Å². The molecule has 6 heteroatoms. The third-order valence-corrected chi connectivity index (χ3v) is 4.24. The van der Waals surface area contributed by atoms with E-state index in [-0.39, 0.29) is 5.91 Å². The predicted octanol–water partition coefficient (Wildman–Crippen LogP) is 2.83. The number of aryl methyl sites for hydroxylation is 2. The zero-order chi connectivity index (χ0) is 15.4. The number of aromatic nitrogens is 1. The highest BCUT2D eigenvalue weighted by Crippen LogP contribution is 2.22. The molecule has 0 radical (unpaired) electrons. The summed E-state index contributed by atoms with van der Waals surface area (Å²) in [5.74, 6) is -0.0746. The third-order valence-electron chi connectivity index (χ3n) is 3.08. The fourth-order valence-electron chi connectivity index (χ4n) is 1.95. The van der Waals surface area contributed by atoms with E-state index >= 15 is 0 Å². The molecule has 21 heavy (non-hydrogen) atoms. The Balaban J connectivity index is 1.99. The summed E-state index contributed by atoms with van der Waals surface area (Å²) in [6.45, 7) is 4.07. The van der Waals surface area contributed by atoms with Crippen molar-refractivity contribution in [1.82, 2.24) is 4.98 Å². The number of hydrogen-bond acceptors (Lipinski definition) is 4. The molecule has 2 aromatic rings. The maximum Gasteiger partial charge on any atom is 0.230 e. The fourth-order valence-corrected chi connectivity index (χ4v) is 3.00. The Morgan fingerprint density at radius 3 is 2.57 bits per heavy atom. The van der Waals surface area contributed by atoms with Crippen molar-refractivity contribution in [1.29, 1.82) is 0 Å². The van der Waals surface area contributed by atoms with Gasteiger partial charge in [-0.25, -0.2) is 4.98 Å². The van der Waals surface area contributed by atoms with Crippen LogP contribution in [-0.4, -0.2) is 15.9 Å². The number of nitrogens with one attached hydrogen (secondary N) is 1. The average Bonchev–Trinajstić information content (AvgIpc) is 2.79. The number of amides is 1. The second kappa shape index (κ2) is 6.78. The Morgan fingerprint density at radius 1 is 1.38 bits per heavy atom. The Kier molecular flexibility index (Phi) is 5.03.